The SMILES string of the molecule is CCn1nccc1Oc1cc(-c2ccc(OCCO)nc2)cnc1Cl. The summed E-state index contributed by atoms with van der Waals surface area (Å²) in [5, 5.41) is 13.2. The van der Waals surface area contributed by atoms with Gasteiger partial charge in [0.2, 0.25) is 11.8 Å². The van der Waals surface area contributed by atoms with Crippen LogP contribution in [0.5, 0.6) is 17.5 Å². The van der Waals surface area contributed by atoms with Crippen molar-refractivity contribution in [3.05, 3.63) is 48.0 Å². The van der Waals surface area contributed by atoms with Crippen LogP contribution in [0.1, 0.15) is 6.92 Å². The molecule has 8 heteroatoms. The van der Waals surface area contributed by atoms with E-state index in [4.69, 9.17) is 26.2 Å². The van der Waals surface area contributed by atoms with Crippen molar-refractivity contribution >= 4 is 11.6 Å². The fourth-order valence-electron chi connectivity index (χ4n) is 2.20. The minimum Gasteiger partial charge on any atom is -0.475 e. The average Bonchev–Trinajstić information content (AvgIpc) is 3.09. The Balaban J connectivity index is 1.83. The Morgan fingerprint density at radius 3 is 2.72 bits per heavy atom. The van der Waals surface area contributed by atoms with E-state index in [1.807, 2.05) is 13.0 Å². The molecule has 0 saturated carbocycles. The maximum atomic E-state index is 8.77. The minimum atomic E-state index is -0.0560. The van der Waals surface area contributed by atoms with Gasteiger partial charge in [0.1, 0.15) is 6.61 Å². The fraction of sp³-hybridized carbons (Fsp3) is 0.235. The second kappa shape index (κ2) is 7.96. The van der Waals surface area contributed by atoms with Crippen LogP contribution in [0.4, 0.5) is 0 Å². The molecule has 0 saturated heterocycles. The zero-order valence-corrected chi connectivity index (χ0v) is 14.3. The minimum absolute atomic E-state index is 0.0560. The maximum absolute atomic E-state index is 8.77. The number of ether oxygens (including phenoxy) is 2. The highest BCUT2D eigenvalue weighted by Gasteiger charge is 2.11. The number of aryl methyl sites for hydroxylation is 1. The van der Waals surface area contributed by atoms with E-state index in [1.54, 1.807) is 41.5 Å². The number of pyridine rings is 2. The molecule has 0 radical (unpaired) electrons. The summed E-state index contributed by atoms with van der Waals surface area (Å²) in [6.45, 7) is 2.81. The molecule has 3 heterocycles. The van der Waals surface area contributed by atoms with E-state index < -0.39 is 0 Å². The quantitative estimate of drug-likeness (QED) is 0.652. The third-order valence-electron chi connectivity index (χ3n) is 3.41. The first kappa shape index (κ1) is 17.2. The highest BCUT2D eigenvalue weighted by atomic mass is 35.5. The summed E-state index contributed by atoms with van der Waals surface area (Å²) < 4.78 is 12.8. The van der Waals surface area contributed by atoms with Crippen LogP contribution in [0.3, 0.4) is 0 Å². The van der Waals surface area contributed by atoms with Gasteiger partial charge in [-0.1, -0.05) is 11.6 Å². The molecule has 130 valence electrons. The van der Waals surface area contributed by atoms with Crippen LogP contribution in [0, 0.1) is 0 Å². The molecule has 25 heavy (non-hydrogen) atoms. The Bertz CT molecular complexity index is 836. The van der Waals surface area contributed by atoms with E-state index in [0.717, 1.165) is 11.1 Å². The highest BCUT2D eigenvalue weighted by Crippen LogP contribution is 2.32. The monoisotopic (exact) mass is 360 g/mol. The zero-order chi connectivity index (χ0) is 17.6. The molecule has 0 spiro atoms. The highest BCUT2D eigenvalue weighted by molar-refractivity contribution is 6.30. The van der Waals surface area contributed by atoms with Gasteiger partial charge >= 0.3 is 0 Å². The normalized spacial score (nSPS) is 10.7. The van der Waals surface area contributed by atoms with Gasteiger partial charge in [0.25, 0.3) is 0 Å². The number of aromatic nitrogens is 4. The Kier molecular flexibility index (Phi) is 5.47. The lowest BCUT2D eigenvalue weighted by Crippen LogP contribution is -2.02. The molecule has 3 aromatic heterocycles. The van der Waals surface area contributed by atoms with Gasteiger partial charge in [-0.25, -0.2) is 14.6 Å². The molecule has 0 aliphatic rings. The topological polar surface area (TPSA) is 82.3 Å². The van der Waals surface area contributed by atoms with E-state index in [9.17, 15) is 0 Å². The van der Waals surface area contributed by atoms with Gasteiger partial charge in [0, 0.05) is 42.2 Å². The van der Waals surface area contributed by atoms with Crippen molar-refractivity contribution in [3.8, 4) is 28.6 Å². The van der Waals surface area contributed by atoms with Crippen LogP contribution in [0.15, 0.2) is 42.9 Å². The van der Waals surface area contributed by atoms with Crippen molar-refractivity contribution in [2.24, 2.45) is 0 Å². The van der Waals surface area contributed by atoms with Gasteiger partial charge in [0.05, 0.1) is 12.8 Å². The molecular formula is C17H17ClN4O3. The molecular weight excluding hydrogens is 344 g/mol. The second-order valence-electron chi connectivity index (χ2n) is 5.06. The van der Waals surface area contributed by atoms with E-state index in [-0.39, 0.29) is 18.4 Å². The number of hydrogen-bond acceptors (Lipinski definition) is 6. The Labute approximate surface area is 149 Å². The number of nitrogens with zero attached hydrogens (tertiary/aromatic N) is 4. The second-order valence-corrected chi connectivity index (χ2v) is 5.42. The number of aliphatic hydroxyl groups excluding tert-OH is 1. The smallest absolute Gasteiger partial charge is 0.217 e. The maximum Gasteiger partial charge on any atom is 0.217 e. The van der Waals surface area contributed by atoms with Crippen molar-refractivity contribution < 1.29 is 14.6 Å². The summed E-state index contributed by atoms with van der Waals surface area (Å²) in [5.74, 6) is 1.48. The summed E-state index contributed by atoms with van der Waals surface area (Å²) in [6.07, 6.45) is 4.98. The molecule has 0 aliphatic carbocycles. The molecule has 0 unspecified atom stereocenters. The standard InChI is InChI=1S/C17H17ClN4O3/c1-2-22-16(5-6-21-22)25-14-9-13(11-20-17(14)18)12-3-4-15(19-10-12)24-8-7-23/h3-6,9-11,23H,2,7-8H2,1H3. The Morgan fingerprint density at radius 2 is 2.00 bits per heavy atom. The van der Waals surface area contributed by atoms with Gasteiger partial charge in [-0.2, -0.15) is 5.10 Å². The molecule has 1 N–H and O–H groups in total. The summed E-state index contributed by atoms with van der Waals surface area (Å²) in [6, 6.07) is 7.14. The van der Waals surface area contributed by atoms with E-state index in [1.165, 1.54) is 0 Å². The summed E-state index contributed by atoms with van der Waals surface area (Å²) >= 11 is 6.15. The number of rotatable bonds is 7. The van der Waals surface area contributed by atoms with Gasteiger partial charge in [-0.05, 0) is 19.1 Å². The molecule has 0 fully saturated rings. The van der Waals surface area contributed by atoms with Crippen LogP contribution in [0.2, 0.25) is 5.15 Å². The van der Waals surface area contributed by atoms with Gasteiger partial charge in [-0.15, -0.1) is 0 Å². The Morgan fingerprint density at radius 1 is 1.16 bits per heavy atom. The van der Waals surface area contributed by atoms with Crippen LogP contribution >= 0.6 is 11.6 Å². The Hall–Kier alpha value is -2.64. The predicted octanol–water partition coefficient (Wildman–Crippen LogP) is 3.18. The van der Waals surface area contributed by atoms with Crippen molar-refractivity contribution in [1.82, 2.24) is 19.7 Å². The third kappa shape index (κ3) is 4.07. The molecule has 7 nitrogen and oxygen atoms in total. The van der Waals surface area contributed by atoms with Gasteiger partial charge in [0.15, 0.2) is 10.9 Å². The lowest BCUT2D eigenvalue weighted by atomic mass is 10.1. The van der Waals surface area contributed by atoms with E-state index in [2.05, 4.69) is 15.1 Å². The first-order valence-corrected chi connectivity index (χ1v) is 8.14. The molecule has 0 bridgehead atoms. The first-order chi connectivity index (χ1) is 12.2. The third-order valence-corrected chi connectivity index (χ3v) is 3.69. The van der Waals surface area contributed by atoms with Crippen molar-refractivity contribution in [3.63, 3.8) is 0 Å². The van der Waals surface area contributed by atoms with Crippen molar-refractivity contribution in [2.75, 3.05) is 13.2 Å². The molecule has 0 aliphatic heterocycles. The van der Waals surface area contributed by atoms with Gasteiger partial charge < -0.3 is 14.6 Å². The fourth-order valence-corrected chi connectivity index (χ4v) is 2.34. The molecule has 3 aromatic rings. The van der Waals surface area contributed by atoms with E-state index >= 15 is 0 Å². The molecule has 0 amide bonds. The molecule has 0 aromatic carbocycles. The van der Waals surface area contributed by atoms with Crippen molar-refractivity contribution in [2.45, 2.75) is 13.5 Å². The largest absolute Gasteiger partial charge is 0.475 e. The predicted molar refractivity (Wildman–Crippen MR) is 93.0 cm³/mol. The van der Waals surface area contributed by atoms with Crippen LogP contribution in [-0.4, -0.2) is 38.1 Å². The molecule has 0 atom stereocenters. The zero-order valence-electron chi connectivity index (χ0n) is 13.6. The van der Waals surface area contributed by atoms with E-state index in [0.29, 0.717) is 24.1 Å². The summed E-state index contributed by atoms with van der Waals surface area (Å²) in [4.78, 5) is 8.38. The number of halogens is 1. The van der Waals surface area contributed by atoms with Crippen LogP contribution in [0.25, 0.3) is 11.1 Å². The van der Waals surface area contributed by atoms with Crippen LogP contribution in [-0.2, 0) is 6.54 Å². The molecule has 3 rings (SSSR count). The lowest BCUT2D eigenvalue weighted by molar-refractivity contribution is 0.196. The lowest BCUT2D eigenvalue weighted by Gasteiger charge is -2.10. The first-order valence-electron chi connectivity index (χ1n) is 7.76. The average molecular weight is 361 g/mol. The van der Waals surface area contributed by atoms with Crippen LogP contribution < -0.4 is 9.47 Å². The van der Waals surface area contributed by atoms with Crippen molar-refractivity contribution in [1.29, 1.82) is 0 Å². The van der Waals surface area contributed by atoms with Gasteiger partial charge in [-0.3, -0.25) is 0 Å². The summed E-state index contributed by atoms with van der Waals surface area (Å²) in [5.41, 5.74) is 1.65. The summed E-state index contributed by atoms with van der Waals surface area (Å²) in [7, 11) is 0. The number of aliphatic hydroxyl groups is 1. The number of hydrogen-bond donors (Lipinski definition) is 1.